The zero-order valence-corrected chi connectivity index (χ0v) is 33.4. The Morgan fingerprint density at radius 2 is 1.79 bits per heavy atom. The molecular weight excluding hydrogens is 751 g/mol. The number of carbonyl (C=O) groups excluding carboxylic acids is 4. The Labute approximate surface area is 332 Å². The molecule has 3 heterocycles. The number of methoxy groups -OCH3 is 1. The van der Waals surface area contributed by atoms with Crippen LogP contribution in [0.4, 0.5) is 4.79 Å². The zero-order valence-electron chi connectivity index (χ0n) is 32.6. The SMILES string of the molecule is C=C[C@@H]1C[C@]1(NC(=O)[C@@H]1C[C@@H]2CN1C(=O)[C@H](C(C)(C)C)NC(=O)OCCC/C=C/c1cc(ccc1OC)-c1nn2nc1-c1ccccc1)C(=O)NS(=O)(=O)C1CC1. The number of hydrogen-bond acceptors (Lipinski definition) is 10. The summed E-state index contributed by atoms with van der Waals surface area (Å²) in [6.07, 6.45) is 6.87. The van der Waals surface area contributed by atoms with Crippen molar-refractivity contribution in [2.75, 3.05) is 20.3 Å². The highest BCUT2D eigenvalue weighted by Crippen LogP contribution is 2.46. The van der Waals surface area contributed by atoms with Crippen molar-refractivity contribution < 1.29 is 37.1 Å². The number of alkyl carbamates (subject to hydrolysis) is 1. The maximum atomic E-state index is 14.7. The number of allylic oxidation sites excluding steroid dienone is 1. The molecule has 0 radical (unpaired) electrons. The molecule has 1 saturated heterocycles. The zero-order chi connectivity index (χ0) is 40.7. The number of carbonyl (C=O) groups is 4. The van der Waals surface area contributed by atoms with Gasteiger partial charge in [0.05, 0.1) is 25.0 Å². The van der Waals surface area contributed by atoms with Gasteiger partial charge in [-0.3, -0.25) is 19.1 Å². The first-order chi connectivity index (χ1) is 27.1. The fourth-order valence-corrected chi connectivity index (χ4v) is 8.89. The first-order valence-corrected chi connectivity index (χ1v) is 20.8. The lowest BCUT2D eigenvalue weighted by Gasteiger charge is -2.35. The molecule has 4 aliphatic rings. The molecule has 3 fully saturated rings. The highest BCUT2D eigenvalue weighted by molar-refractivity contribution is 7.91. The maximum absolute atomic E-state index is 14.7. The Morgan fingerprint density at radius 1 is 1.07 bits per heavy atom. The van der Waals surface area contributed by atoms with Gasteiger partial charge in [0.1, 0.15) is 34.8 Å². The van der Waals surface area contributed by atoms with Crippen molar-refractivity contribution in [1.29, 1.82) is 0 Å². The number of benzene rings is 2. The van der Waals surface area contributed by atoms with Crippen LogP contribution >= 0.6 is 0 Å². The van der Waals surface area contributed by atoms with E-state index in [0.29, 0.717) is 42.8 Å². The summed E-state index contributed by atoms with van der Waals surface area (Å²) < 4.78 is 38.9. The monoisotopic (exact) mass is 799 g/mol. The molecule has 3 aromatic rings. The lowest BCUT2D eigenvalue weighted by Crippen LogP contribution is -2.60. The first kappa shape index (κ1) is 39.7. The van der Waals surface area contributed by atoms with Crippen LogP contribution in [0.3, 0.4) is 0 Å². The number of rotatable bonds is 8. The molecule has 0 unspecified atom stereocenters. The molecule has 57 heavy (non-hydrogen) atoms. The molecule has 5 atom stereocenters. The van der Waals surface area contributed by atoms with Crippen LogP contribution in [-0.4, -0.2) is 95.3 Å². The van der Waals surface area contributed by atoms with Gasteiger partial charge in [-0.15, -0.1) is 6.58 Å². The average molecular weight is 800 g/mol. The van der Waals surface area contributed by atoms with Crippen LogP contribution in [0.1, 0.15) is 70.9 Å². The normalized spacial score (nSPS) is 25.8. The second kappa shape index (κ2) is 15.4. The van der Waals surface area contributed by atoms with E-state index < -0.39 is 74.1 Å². The second-order valence-electron chi connectivity index (χ2n) is 16.2. The summed E-state index contributed by atoms with van der Waals surface area (Å²) >= 11 is 0. The molecule has 3 N–H and O–H groups in total. The quantitative estimate of drug-likeness (QED) is 0.276. The summed E-state index contributed by atoms with van der Waals surface area (Å²) in [4.78, 5) is 58.9. The van der Waals surface area contributed by atoms with Crippen LogP contribution in [0, 0.1) is 11.3 Å². The third kappa shape index (κ3) is 8.18. The summed E-state index contributed by atoms with van der Waals surface area (Å²) in [7, 11) is -2.32. The van der Waals surface area contributed by atoms with Crippen molar-refractivity contribution in [3.8, 4) is 28.3 Å². The Kier molecular flexibility index (Phi) is 10.8. The van der Waals surface area contributed by atoms with Crippen LogP contribution < -0.4 is 20.1 Å². The molecule has 2 aromatic carbocycles. The molecular formula is C41H49N7O8S. The molecule has 0 spiro atoms. The second-order valence-corrected chi connectivity index (χ2v) is 18.2. The van der Waals surface area contributed by atoms with Crippen molar-refractivity contribution in [3.05, 3.63) is 72.8 Å². The molecule has 1 aromatic heterocycles. The molecule has 16 heteroatoms. The summed E-state index contributed by atoms with van der Waals surface area (Å²) in [6, 6.07) is 12.4. The summed E-state index contributed by atoms with van der Waals surface area (Å²) in [5.41, 5.74) is 1.17. The molecule has 2 aliphatic heterocycles. The summed E-state index contributed by atoms with van der Waals surface area (Å²) in [5, 5.41) is 14.9. The maximum Gasteiger partial charge on any atom is 0.407 e. The van der Waals surface area contributed by atoms with Gasteiger partial charge in [0.2, 0.25) is 21.8 Å². The van der Waals surface area contributed by atoms with E-state index in [1.807, 2.05) is 60.7 Å². The topological polar surface area (TPSA) is 191 Å². The minimum atomic E-state index is -3.92. The number of nitrogens with zero attached hydrogens (tertiary/aromatic N) is 4. The highest BCUT2D eigenvalue weighted by atomic mass is 32.2. The summed E-state index contributed by atoms with van der Waals surface area (Å²) in [5.74, 6) is -1.91. The van der Waals surface area contributed by atoms with Gasteiger partial charge in [-0.25, -0.2) is 13.2 Å². The standard InChI is InChI=1S/C41H49N7O8S/c1-6-28-23-41(28,38(51)46-57(53,54)30-17-18-30)43-36(49)31-22-29-24-47(31)37(50)35(40(2,3)4)42-39(52)56-20-12-8-11-15-26-21-27(16-19-32(26)55-5)34-33(44-48(29)45-34)25-13-9-7-10-14-25/h6-7,9-11,13-16,19,21,28-31,35H,1,8,12,17-18,20,22-24H2,2-5H3,(H,42,52)(H,43,49)(H,46,51)/b15-11+/t28-,29-,31+,35-,41-/m1/s1. The number of aromatic nitrogens is 3. The highest BCUT2D eigenvalue weighted by Gasteiger charge is 2.62. The predicted octanol–water partition coefficient (Wildman–Crippen LogP) is 4.38. The largest absolute Gasteiger partial charge is 0.496 e. The Balaban J connectivity index is 1.30. The van der Waals surface area contributed by atoms with Gasteiger partial charge < -0.3 is 25.0 Å². The number of sulfonamides is 1. The predicted molar refractivity (Wildman–Crippen MR) is 212 cm³/mol. The molecule has 302 valence electrons. The Morgan fingerprint density at radius 3 is 2.44 bits per heavy atom. The Hall–Kier alpha value is -5.51. The van der Waals surface area contributed by atoms with Gasteiger partial charge >= 0.3 is 6.09 Å². The van der Waals surface area contributed by atoms with E-state index in [4.69, 9.17) is 19.7 Å². The Bertz CT molecular complexity index is 2210. The lowest BCUT2D eigenvalue weighted by molar-refractivity contribution is -0.142. The van der Waals surface area contributed by atoms with Gasteiger partial charge in [-0.2, -0.15) is 15.0 Å². The van der Waals surface area contributed by atoms with Crippen molar-refractivity contribution in [2.24, 2.45) is 11.3 Å². The lowest BCUT2D eigenvalue weighted by atomic mass is 9.85. The number of fused-ring (bicyclic) bond motifs is 8. The first-order valence-electron chi connectivity index (χ1n) is 19.3. The van der Waals surface area contributed by atoms with Crippen molar-refractivity contribution in [2.45, 2.75) is 88.2 Å². The van der Waals surface area contributed by atoms with Gasteiger partial charge in [0.15, 0.2) is 0 Å². The molecule has 6 bridgehead atoms. The third-order valence-electron chi connectivity index (χ3n) is 11.0. The fourth-order valence-electron chi connectivity index (χ4n) is 7.52. The van der Waals surface area contributed by atoms with E-state index in [9.17, 15) is 27.6 Å². The number of cyclic esters (lactones) is 1. The average Bonchev–Trinajstić information content (AvgIpc) is 4.07. The van der Waals surface area contributed by atoms with Gasteiger partial charge in [-0.1, -0.05) is 69.3 Å². The van der Waals surface area contributed by atoms with E-state index in [1.54, 1.807) is 27.9 Å². The van der Waals surface area contributed by atoms with Crippen LogP contribution in [0.2, 0.25) is 0 Å². The van der Waals surface area contributed by atoms with Gasteiger partial charge in [-0.05, 0) is 55.7 Å². The van der Waals surface area contributed by atoms with E-state index in [2.05, 4.69) is 21.9 Å². The molecule has 15 nitrogen and oxygen atoms in total. The van der Waals surface area contributed by atoms with Crippen molar-refractivity contribution in [1.82, 2.24) is 35.2 Å². The number of ether oxygens (including phenoxy) is 2. The van der Waals surface area contributed by atoms with E-state index in [0.717, 1.165) is 16.7 Å². The van der Waals surface area contributed by atoms with Crippen LogP contribution in [0.25, 0.3) is 28.6 Å². The number of hydrogen-bond donors (Lipinski definition) is 3. The van der Waals surface area contributed by atoms with Crippen molar-refractivity contribution >= 4 is 39.9 Å². The van der Waals surface area contributed by atoms with E-state index in [1.165, 1.54) is 15.8 Å². The van der Waals surface area contributed by atoms with E-state index >= 15 is 0 Å². The fraction of sp³-hybridized carbons (Fsp3) is 0.463. The molecule has 7 rings (SSSR count). The molecule has 2 saturated carbocycles. The molecule has 2 aliphatic carbocycles. The van der Waals surface area contributed by atoms with Crippen LogP contribution in [0.15, 0.2) is 67.3 Å². The minimum absolute atomic E-state index is 0.0146. The van der Waals surface area contributed by atoms with Crippen molar-refractivity contribution in [3.63, 3.8) is 0 Å². The number of nitrogens with one attached hydrogen (secondary N) is 3. The van der Waals surface area contributed by atoms with Gasteiger partial charge in [0, 0.05) is 35.6 Å². The smallest absolute Gasteiger partial charge is 0.407 e. The van der Waals surface area contributed by atoms with E-state index in [-0.39, 0.29) is 26.0 Å². The third-order valence-corrected chi connectivity index (χ3v) is 12.9. The van der Waals surface area contributed by atoms with Crippen LogP contribution in [0.5, 0.6) is 5.75 Å². The number of amides is 4. The molecule has 4 amide bonds. The minimum Gasteiger partial charge on any atom is -0.496 e. The van der Waals surface area contributed by atoms with Crippen LogP contribution in [-0.2, 0) is 29.1 Å². The van der Waals surface area contributed by atoms with Gasteiger partial charge in [0.25, 0.3) is 5.91 Å². The summed E-state index contributed by atoms with van der Waals surface area (Å²) in [6.45, 7) is 9.28.